The molecule has 1 rings (SSSR count). The fourth-order valence-corrected chi connectivity index (χ4v) is 2.19. The van der Waals surface area contributed by atoms with Crippen LogP contribution in [0.5, 0.6) is 0 Å². The molecule has 0 saturated carbocycles. The van der Waals surface area contributed by atoms with Crippen LogP contribution in [0.25, 0.3) is 0 Å². The summed E-state index contributed by atoms with van der Waals surface area (Å²) in [5.74, 6) is 0. The van der Waals surface area contributed by atoms with E-state index in [9.17, 15) is 10.2 Å². The number of aliphatic hydroxyl groups is 3. The van der Waals surface area contributed by atoms with E-state index in [1.54, 1.807) is 10.9 Å². The molecule has 1 aromatic heterocycles. The Morgan fingerprint density at radius 1 is 1.20 bits per heavy atom. The lowest BCUT2D eigenvalue weighted by atomic mass is 10.0. The molecule has 0 fully saturated rings. The summed E-state index contributed by atoms with van der Waals surface area (Å²) >= 11 is 0. The highest BCUT2D eigenvalue weighted by Gasteiger charge is 2.21. The molecule has 0 unspecified atom stereocenters. The van der Waals surface area contributed by atoms with Gasteiger partial charge >= 0.3 is 0 Å². The molecule has 0 saturated heterocycles. The van der Waals surface area contributed by atoms with Gasteiger partial charge in [-0.3, -0.25) is 0 Å². The lowest BCUT2D eigenvalue weighted by Gasteiger charge is -2.20. The Kier molecular flexibility index (Phi) is 8.41. The van der Waals surface area contributed by atoms with Gasteiger partial charge in [-0.2, -0.15) is 0 Å². The van der Waals surface area contributed by atoms with E-state index >= 15 is 0 Å². The van der Waals surface area contributed by atoms with Crippen LogP contribution in [0.3, 0.4) is 0 Å². The summed E-state index contributed by atoms with van der Waals surface area (Å²) in [6, 6.07) is -0.425. The maximum atomic E-state index is 10.1. The molecule has 116 valence electrons. The lowest BCUT2D eigenvalue weighted by molar-refractivity contribution is 0.0579. The number of aliphatic hydroxyl groups excluding tert-OH is 3. The predicted molar refractivity (Wildman–Crippen MR) is 76.3 cm³/mol. The van der Waals surface area contributed by atoms with Gasteiger partial charge in [0.25, 0.3) is 0 Å². The molecule has 0 bridgehead atoms. The van der Waals surface area contributed by atoms with Crippen LogP contribution in [0.1, 0.15) is 57.2 Å². The third kappa shape index (κ3) is 5.56. The quantitative estimate of drug-likeness (QED) is 0.529. The van der Waals surface area contributed by atoms with Crippen molar-refractivity contribution in [1.82, 2.24) is 15.0 Å². The third-order valence-electron chi connectivity index (χ3n) is 3.47. The van der Waals surface area contributed by atoms with Crippen molar-refractivity contribution in [2.24, 2.45) is 0 Å². The monoisotopic (exact) mass is 285 g/mol. The van der Waals surface area contributed by atoms with Crippen LogP contribution in [-0.2, 0) is 6.42 Å². The second-order valence-corrected chi connectivity index (χ2v) is 5.18. The second-order valence-electron chi connectivity index (χ2n) is 5.18. The smallest absolute Gasteiger partial charge is 0.103 e. The Labute approximate surface area is 120 Å². The van der Waals surface area contributed by atoms with E-state index in [1.165, 1.54) is 0 Å². The average molecular weight is 285 g/mol. The first-order chi connectivity index (χ1) is 9.72. The molecule has 0 aliphatic heterocycles. The van der Waals surface area contributed by atoms with Crippen LogP contribution in [0.2, 0.25) is 0 Å². The predicted octanol–water partition coefficient (Wildman–Crippen LogP) is 1.07. The zero-order chi connectivity index (χ0) is 14.8. The molecule has 6 nitrogen and oxygen atoms in total. The molecule has 0 spiro atoms. The van der Waals surface area contributed by atoms with Crippen molar-refractivity contribution in [2.45, 2.75) is 64.0 Å². The highest BCUT2D eigenvalue weighted by atomic mass is 16.3. The van der Waals surface area contributed by atoms with Gasteiger partial charge in [0, 0.05) is 12.8 Å². The number of hydrogen-bond acceptors (Lipinski definition) is 5. The molecule has 1 heterocycles. The molecule has 0 aliphatic carbocycles. The van der Waals surface area contributed by atoms with Crippen LogP contribution >= 0.6 is 0 Å². The lowest BCUT2D eigenvalue weighted by Crippen LogP contribution is -2.27. The standard InChI is InChI=1S/C14H27N3O3/c1-2-3-4-8-14(20)13(11-19)17-10-12(15-16-17)7-5-6-9-18/h10,13-14,18-20H,2-9,11H2,1H3/t13-,14+/m0/s1. The summed E-state index contributed by atoms with van der Waals surface area (Å²) in [6.45, 7) is 2.16. The highest BCUT2D eigenvalue weighted by molar-refractivity contribution is 4.94. The summed E-state index contributed by atoms with van der Waals surface area (Å²) in [5, 5.41) is 36.4. The molecule has 6 heteroatoms. The van der Waals surface area contributed by atoms with Gasteiger partial charge in [0.15, 0.2) is 0 Å². The van der Waals surface area contributed by atoms with E-state index < -0.39 is 12.1 Å². The number of nitrogens with zero attached hydrogens (tertiary/aromatic N) is 3. The Morgan fingerprint density at radius 3 is 2.65 bits per heavy atom. The van der Waals surface area contributed by atoms with Crippen LogP contribution in [0.15, 0.2) is 6.20 Å². The van der Waals surface area contributed by atoms with Gasteiger partial charge in [0.2, 0.25) is 0 Å². The van der Waals surface area contributed by atoms with Gasteiger partial charge in [0.1, 0.15) is 6.04 Å². The van der Waals surface area contributed by atoms with Crippen molar-refractivity contribution in [1.29, 1.82) is 0 Å². The van der Waals surface area contributed by atoms with Crippen molar-refractivity contribution in [3.05, 3.63) is 11.9 Å². The molecule has 0 amide bonds. The molecule has 20 heavy (non-hydrogen) atoms. The molecule has 1 aromatic rings. The molecule has 0 aromatic carbocycles. The summed E-state index contributed by atoms with van der Waals surface area (Å²) in [5.41, 5.74) is 0.831. The van der Waals surface area contributed by atoms with Crippen molar-refractivity contribution in [2.75, 3.05) is 13.2 Å². The topological polar surface area (TPSA) is 91.4 Å². The first kappa shape index (κ1) is 17.1. The van der Waals surface area contributed by atoms with E-state index in [-0.39, 0.29) is 13.2 Å². The summed E-state index contributed by atoms with van der Waals surface area (Å²) in [7, 11) is 0. The normalized spacial score (nSPS) is 14.4. The highest BCUT2D eigenvalue weighted by Crippen LogP contribution is 2.16. The van der Waals surface area contributed by atoms with Crippen LogP contribution < -0.4 is 0 Å². The molecule has 2 atom stereocenters. The second kappa shape index (κ2) is 9.85. The van der Waals surface area contributed by atoms with Crippen LogP contribution in [-0.4, -0.2) is 49.6 Å². The number of unbranched alkanes of at least 4 members (excludes halogenated alkanes) is 3. The van der Waals surface area contributed by atoms with Crippen LogP contribution in [0, 0.1) is 0 Å². The van der Waals surface area contributed by atoms with Gasteiger partial charge in [0.05, 0.1) is 18.4 Å². The van der Waals surface area contributed by atoms with Crippen molar-refractivity contribution < 1.29 is 15.3 Å². The molecule has 3 N–H and O–H groups in total. The molecular weight excluding hydrogens is 258 g/mol. The number of hydrogen-bond donors (Lipinski definition) is 3. The number of aryl methyl sites for hydroxylation is 1. The fourth-order valence-electron chi connectivity index (χ4n) is 2.19. The SMILES string of the molecule is CCCCC[C@@H](O)[C@H](CO)n1cc(CCCCO)nn1. The average Bonchev–Trinajstić information content (AvgIpc) is 2.89. The number of aromatic nitrogens is 3. The van der Waals surface area contributed by atoms with Gasteiger partial charge in [-0.25, -0.2) is 4.68 Å². The van der Waals surface area contributed by atoms with Crippen molar-refractivity contribution >= 4 is 0 Å². The van der Waals surface area contributed by atoms with E-state index in [0.29, 0.717) is 6.42 Å². The fraction of sp³-hybridized carbons (Fsp3) is 0.857. The van der Waals surface area contributed by atoms with Gasteiger partial charge in [-0.15, -0.1) is 5.10 Å². The van der Waals surface area contributed by atoms with Crippen molar-refractivity contribution in [3.63, 3.8) is 0 Å². The van der Waals surface area contributed by atoms with E-state index in [1.807, 2.05) is 0 Å². The van der Waals surface area contributed by atoms with Gasteiger partial charge in [-0.05, 0) is 25.7 Å². The molecule has 0 radical (unpaired) electrons. The van der Waals surface area contributed by atoms with Gasteiger partial charge in [-0.1, -0.05) is 31.4 Å². The summed E-state index contributed by atoms with van der Waals surface area (Å²) in [6.07, 6.45) is 7.34. The summed E-state index contributed by atoms with van der Waals surface area (Å²) in [4.78, 5) is 0. The van der Waals surface area contributed by atoms with Gasteiger partial charge < -0.3 is 15.3 Å². The third-order valence-corrected chi connectivity index (χ3v) is 3.47. The largest absolute Gasteiger partial charge is 0.396 e. The first-order valence-electron chi connectivity index (χ1n) is 7.53. The minimum Gasteiger partial charge on any atom is -0.396 e. The molecule has 0 aliphatic rings. The van der Waals surface area contributed by atoms with E-state index in [2.05, 4.69) is 17.2 Å². The maximum absolute atomic E-state index is 10.1. The number of rotatable bonds is 11. The maximum Gasteiger partial charge on any atom is 0.103 e. The van der Waals surface area contributed by atoms with E-state index in [4.69, 9.17) is 5.11 Å². The Bertz CT molecular complexity index is 357. The first-order valence-corrected chi connectivity index (χ1v) is 7.53. The zero-order valence-electron chi connectivity index (χ0n) is 12.3. The zero-order valence-corrected chi connectivity index (χ0v) is 12.3. The Balaban J connectivity index is 2.51. The Hall–Kier alpha value is -0.980. The minimum atomic E-state index is -0.599. The van der Waals surface area contributed by atoms with E-state index in [0.717, 1.165) is 44.2 Å². The Morgan fingerprint density at radius 2 is 2.00 bits per heavy atom. The summed E-state index contributed by atoms with van der Waals surface area (Å²) < 4.78 is 1.56. The van der Waals surface area contributed by atoms with Crippen LogP contribution in [0.4, 0.5) is 0 Å². The molecular formula is C14H27N3O3. The minimum absolute atomic E-state index is 0.146. The van der Waals surface area contributed by atoms with Crippen molar-refractivity contribution in [3.8, 4) is 0 Å².